The molecule has 2 heterocycles. The second kappa shape index (κ2) is 5.98. The first-order chi connectivity index (χ1) is 12.1. The Morgan fingerprint density at radius 2 is 1.88 bits per heavy atom. The summed E-state index contributed by atoms with van der Waals surface area (Å²) in [7, 11) is 0. The molecule has 2 aliphatic rings. The number of aliphatic imine (C=N–C) groups is 1. The predicted molar refractivity (Wildman–Crippen MR) is 94.8 cm³/mol. The van der Waals surface area contributed by atoms with Crippen molar-refractivity contribution in [1.29, 1.82) is 0 Å². The first-order valence-corrected chi connectivity index (χ1v) is 7.94. The molecule has 0 bridgehead atoms. The topological polar surface area (TPSA) is 72.0 Å². The molecule has 1 saturated heterocycles. The van der Waals surface area contributed by atoms with E-state index in [0.717, 1.165) is 22.4 Å². The van der Waals surface area contributed by atoms with Gasteiger partial charge in [0.2, 0.25) is 12.8 Å². The molecule has 0 aliphatic carbocycles. The molecule has 2 aromatic rings. The number of nitrogens with one attached hydrogen (secondary N) is 2. The first-order valence-electron chi connectivity index (χ1n) is 7.94. The van der Waals surface area contributed by atoms with Gasteiger partial charge < -0.3 is 14.8 Å². The number of ether oxygens (including phenoxy) is 2. The fourth-order valence-electron chi connectivity index (χ4n) is 2.68. The largest absolute Gasteiger partial charge is 0.454 e. The zero-order valence-electron chi connectivity index (χ0n) is 13.9. The van der Waals surface area contributed by atoms with E-state index in [2.05, 4.69) is 15.6 Å². The van der Waals surface area contributed by atoms with Crippen LogP contribution >= 0.6 is 0 Å². The molecule has 2 aromatic carbocycles. The van der Waals surface area contributed by atoms with Crippen LogP contribution in [0, 0.1) is 13.8 Å². The number of carbonyl (C=O) groups is 1. The summed E-state index contributed by atoms with van der Waals surface area (Å²) in [5, 5.41) is 5.78. The lowest BCUT2D eigenvalue weighted by Crippen LogP contribution is -2.24. The molecule has 1 amide bonds. The van der Waals surface area contributed by atoms with Crippen LogP contribution in [0.15, 0.2) is 47.1 Å². The van der Waals surface area contributed by atoms with E-state index in [0.29, 0.717) is 23.2 Å². The molecule has 0 aromatic heterocycles. The van der Waals surface area contributed by atoms with Gasteiger partial charge in [0.25, 0.3) is 5.91 Å². The van der Waals surface area contributed by atoms with E-state index in [4.69, 9.17) is 9.47 Å². The van der Waals surface area contributed by atoms with Gasteiger partial charge in [0.1, 0.15) is 5.70 Å². The first kappa shape index (κ1) is 15.3. The summed E-state index contributed by atoms with van der Waals surface area (Å²) in [6.45, 7) is 4.22. The Labute approximate surface area is 145 Å². The van der Waals surface area contributed by atoms with Crippen molar-refractivity contribution in [3.63, 3.8) is 0 Å². The normalized spacial score (nSPS) is 18.6. The molecule has 0 unspecified atom stereocenters. The van der Waals surface area contributed by atoms with Gasteiger partial charge >= 0.3 is 0 Å². The van der Waals surface area contributed by atoms with Crippen molar-refractivity contribution >= 4 is 23.6 Å². The van der Waals surface area contributed by atoms with Crippen molar-refractivity contribution in [2.75, 3.05) is 6.79 Å². The summed E-state index contributed by atoms with van der Waals surface area (Å²) in [5.74, 6) is 1.59. The number of aryl methyl sites for hydroxylation is 2. The summed E-state index contributed by atoms with van der Waals surface area (Å²) in [4.78, 5) is 16.7. The number of carbonyl (C=O) groups excluding carboxylic acids is 1. The highest BCUT2D eigenvalue weighted by molar-refractivity contribution is 6.16. The molecule has 126 valence electrons. The zero-order valence-corrected chi connectivity index (χ0v) is 13.9. The van der Waals surface area contributed by atoms with Crippen molar-refractivity contribution in [2.45, 2.75) is 13.8 Å². The summed E-state index contributed by atoms with van der Waals surface area (Å²) in [6, 6.07) is 11.6. The second-order valence-corrected chi connectivity index (χ2v) is 6.00. The van der Waals surface area contributed by atoms with E-state index in [9.17, 15) is 4.79 Å². The standard InChI is InChI=1S/C19H17N3O3/c1-11-3-4-12(2)14(7-11)20-19-21-15(18(23)22-19)8-13-5-6-16-17(9-13)25-10-24-16/h3-9H,10H2,1-2H3,(H2,20,21,22,23)/b15-8-. The third-order valence-corrected chi connectivity index (χ3v) is 4.03. The Morgan fingerprint density at radius 3 is 2.76 bits per heavy atom. The van der Waals surface area contributed by atoms with E-state index in [1.807, 2.05) is 50.2 Å². The second-order valence-electron chi connectivity index (χ2n) is 6.00. The predicted octanol–water partition coefficient (Wildman–Crippen LogP) is 2.78. The van der Waals surface area contributed by atoms with Crippen LogP contribution in [0.2, 0.25) is 0 Å². The maximum absolute atomic E-state index is 12.2. The molecule has 4 rings (SSSR count). The van der Waals surface area contributed by atoms with Crippen molar-refractivity contribution in [1.82, 2.24) is 10.6 Å². The van der Waals surface area contributed by atoms with Gasteiger partial charge in [0.15, 0.2) is 11.5 Å². The highest BCUT2D eigenvalue weighted by Gasteiger charge is 2.22. The van der Waals surface area contributed by atoms with E-state index in [1.165, 1.54) is 0 Å². The van der Waals surface area contributed by atoms with Crippen LogP contribution in [0.5, 0.6) is 11.5 Å². The van der Waals surface area contributed by atoms with Crippen molar-refractivity contribution in [3.05, 3.63) is 58.8 Å². The minimum atomic E-state index is -0.221. The quantitative estimate of drug-likeness (QED) is 0.828. The monoisotopic (exact) mass is 335 g/mol. The van der Waals surface area contributed by atoms with Gasteiger partial charge in [0.05, 0.1) is 5.69 Å². The molecule has 2 aliphatic heterocycles. The average molecular weight is 335 g/mol. The summed E-state index contributed by atoms with van der Waals surface area (Å²) < 4.78 is 10.7. The number of hydrogen-bond donors (Lipinski definition) is 2. The highest BCUT2D eigenvalue weighted by Crippen LogP contribution is 2.33. The molecule has 0 radical (unpaired) electrons. The van der Waals surface area contributed by atoms with Crippen LogP contribution in [0.25, 0.3) is 6.08 Å². The Kier molecular flexibility index (Phi) is 3.65. The number of fused-ring (bicyclic) bond motifs is 1. The minimum absolute atomic E-state index is 0.221. The lowest BCUT2D eigenvalue weighted by atomic mass is 10.1. The summed E-state index contributed by atoms with van der Waals surface area (Å²) >= 11 is 0. The molecule has 0 spiro atoms. The third-order valence-electron chi connectivity index (χ3n) is 4.03. The smallest absolute Gasteiger partial charge is 0.274 e. The minimum Gasteiger partial charge on any atom is -0.454 e. The van der Waals surface area contributed by atoms with E-state index < -0.39 is 0 Å². The molecule has 1 fully saturated rings. The Balaban J connectivity index is 1.60. The van der Waals surface area contributed by atoms with Crippen LogP contribution in [0.4, 0.5) is 5.69 Å². The summed E-state index contributed by atoms with van der Waals surface area (Å²) in [5.41, 5.74) is 4.26. The summed E-state index contributed by atoms with van der Waals surface area (Å²) in [6.07, 6.45) is 1.75. The Hall–Kier alpha value is -3.28. The van der Waals surface area contributed by atoms with E-state index in [-0.39, 0.29) is 12.7 Å². The average Bonchev–Trinajstić information content (AvgIpc) is 3.17. The number of hydrogen-bond acceptors (Lipinski definition) is 4. The molecule has 0 saturated carbocycles. The van der Waals surface area contributed by atoms with Gasteiger partial charge in [-0.05, 0) is 54.8 Å². The van der Waals surface area contributed by atoms with Crippen LogP contribution < -0.4 is 20.1 Å². The fraction of sp³-hybridized carbons (Fsp3) is 0.158. The van der Waals surface area contributed by atoms with Gasteiger partial charge in [-0.25, -0.2) is 4.99 Å². The van der Waals surface area contributed by atoms with Gasteiger partial charge in [-0.1, -0.05) is 18.2 Å². The molecule has 2 N–H and O–H groups in total. The Morgan fingerprint density at radius 1 is 1.04 bits per heavy atom. The Bertz CT molecular complexity index is 932. The van der Waals surface area contributed by atoms with Gasteiger partial charge in [-0.15, -0.1) is 0 Å². The van der Waals surface area contributed by atoms with E-state index >= 15 is 0 Å². The molecule has 6 heteroatoms. The van der Waals surface area contributed by atoms with Crippen LogP contribution in [0.1, 0.15) is 16.7 Å². The van der Waals surface area contributed by atoms with Crippen molar-refractivity contribution in [2.24, 2.45) is 4.99 Å². The number of amides is 1. The molecular formula is C19H17N3O3. The SMILES string of the molecule is Cc1ccc(C)c(N=C2NC(=O)/C(=C/c3ccc4c(c3)OCO4)N2)c1. The maximum atomic E-state index is 12.2. The fourth-order valence-corrected chi connectivity index (χ4v) is 2.68. The van der Waals surface area contributed by atoms with Crippen LogP contribution in [0.3, 0.4) is 0 Å². The zero-order chi connectivity index (χ0) is 17.4. The molecule has 0 atom stereocenters. The lowest BCUT2D eigenvalue weighted by Gasteiger charge is -2.03. The maximum Gasteiger partial charge on any atom is 0.274 e. The van der Waals surface area contributed by atoms with Gasteiger partial charge in [-0.2, -0.15) is 0 Å². The third kappa shape index (κ3) is 3.06. The lowest BCUT2D eigenvalue weighted by molar-refractivity contribution is -0.115. The van der Waals surface area contributed by atoms with E-state index in [1.54, 1.807) is 6.08 Å². The van der Waals surface area contributed by atoms with Crippen LogP contribution in [-0.2, 0) is 4.79 Å². The van der Waals surface area contributed by atoms with Gasteiger partial charge in [-0.3, -0.25) is 10.1 Å². The van der Waals surface area contributed by atoms with Crippen molar-refractivity contribution in [3.8, 4) is 11.5 Å². The molecular weight excluding hydrogens is 318 g/mol. The number of benzene rings is 2. The number of rotatable bonds is 2. The number of guanidine groups is 1. The van der Waals surface area contributed by atoms with Gasteiger partial charge in [0, 0.05) is 0 Å². The van der Waals surface area contributed by atoms with Crippen molar-refractivity contribution < 1.29 is 14.3 Å². The highest BCUT2D eigenvalue weighted by atomic mass is 16.7. The number of nitrogens with zero attached hydrogens (tertiary/aromatic N) is 1. The molecule has 6 nitrogen and oxygen atoms in total. The van der Waals surface area contributed by atoms with Crippen LogP contribution in [-0.4, -0.2) is 18.7 Å². The molecule has 25 heavy (non-hydrogen) atoms.